The molecule has 1 unspecified atom stereocenters. The molecule has 6 nitrogen and oxygen atoms in total. The summed E-state index contributed by atoms with van der Waals surface area (Å²) in [6, 6.07) is 11.7. The van der Waals surface area contributed by atoms with E-state index in [2.05, 4.69) is 17.4 Å². The molecule has 7 heteroatoms. The van der Waals surface area contributed by atoms with Crippen molar-refractivity contribution in [1.82, 2.24) is 9.62 Å². The van der Waals surface area contributed by atoms with Crippen LogP contribution in [0.5, 0.6) is 0 Å². The van der Waals surface area contributed by atoms with Crippen molar-refractivity contribution in [3.63, 3.8) is 0 Å². The van der Waals surface area contributed by atoms with Gasteiger partial charge in [-0.05, 0) is 73.9 Å². The van der Waals surface area contributed by atoms with Crippen molar-refractivity contribution in [1.29, 1.82) is 0 Å². The third-order valence-corrected chi connectivity index (χ3v) is 7.47. The number of carbonyl (C=O) groups is 1. The van der Waals surface area contributed by atoms with Gasteiger partial charge in [0.2, 0.25) is 5.91 Å². The van der Waals surface area contributed by atoms with Crippen LogP contribution in [0.2, 0.25) is 0 Å². The van der Waals surface area contributed by atoms with E-state index in [4.69, 9.17) is 0 Å². The number of hydrogen-bond acceptors (Lipinski definition) is 3. The van der Waals surface area contributed by atoms with Gasteiger partial charge in [-0.25, -0.2) is 4.31 Å². The van der Waals surface area contributed by atoms with Gasteiger partial charge in [0, 0.05) is 14.1 Å². The Kier molecular flexibility index (Phi) is 6.53. The number of nitrogens with zero attached hydrogens (tertiary/aromatic N) is 2. The third-order valence-electron chi connectivity index (χ3n) is 5.66. The molecule has 1 atom stereocenters. The second kappa shape index (κ2) is 8.78. The lowest BCUT2D eigenvalue weighted by Gasteiger charge is -2.29. The number of aryl methyl sites for hydroxylation is 4. The Morgan fingerprint density at radius 1 is 1.07 bits per heavy atom. The average Bonchev–Trinajstić information content (AvgIpc) is 3.15. The summed E-state index contributed by atoms with van der Waals surface area (Å²) < 4.78 is 28.3. The van der Waals surface area contributed by atoms with Crippen LogP contribution in [-0.2, 0) is 27.8 Å². The number of fused-ring (bicyclic) bond motifs is 1. The third kappa shape index (κ3) is 4.68. The Labute approximate surface area is 180 Å². The van der Waals surface area contributed by atoms with Crippen LogP contribution in [0.4, 0.5) is 5.69 Å². The van der Waals surface area contributed by atoms with E-state index >= 15 is 0 Å². The highest BCUT2D eigenvalue weighted by Gasteiger charge is 2.29. The van der Waals surface area contributed by atoms with E-state index in [1.54, 1.807) is 6.07 Å². The summed E-state index contributed by atoms with van der Waals surface area (Å²) in [4.78, 5) is 12.9. The summed E-state index contributed by atoms with van der Waals surface area (Å²) in [6.07, 6.45) is 3.36. The van der Waals surface area contributed by atoms with Gasteiger partial charge in [0.1, 0.15) is 6.54 Å². The summed E-state index contributed by atoms with van der Waals surface area (Å²) in [5, 5.41) is 2.97. The van der Waals surface area contributed by atoms with E-state index < -0.39 is 10.2 Å². The van der Waals surface area contributed by atoms with E-state index in [0.29, 0.717) is 5.69 Å². The minimum atomic E-state index is -3.83. The van der Waals surface area contributed by atoms with E-state index in [0.717, 1.165) is 33.8 Å². The first-order valence-electron chi connectivity index (χ1n) is 10.3. The first kappa shape index (κ1) is 22.3. The smallest absolute Gasteiger partial charge is 0.304 e. The zero-order valence-corrected chi connectivity index (χ0v) is 19.2. The van der Waals surface area contributed by atoms with Crippen molar-refractivity contribution in [2.75, 3.05) is 24.9 Å². The molecular weight excluding hydrogens is 398 g/mol. The van der Waals surface area contributed by atoms with Gasteiger partial charge in [0.25, 0.3) is 0 Å². The summed E-state index contributed by atoms with van der Waals surface area (Å²) in [6.45, 7) is 5.40. The van der Waals surface area contributed by atoms with Crippen LogP contribution in [0.1, 0.15) is 47.2 Å². The van der Waals surface area contributed by atoms with E-state index in [9.17, 15) is 13.2 Å². The number of benzene rings is 2. The Hall–Kier alpha value is -2.38. The number of carbonyl (C=O) groups excluding carboxylic acids is 1. The molecule has 0 fully saturated rings. The lowest BCUT2D eigenvalue weighted by atomic mass is 10.0. The predicted octanol–water partition coefficient (Wildman–Crippen LogP) is 3.28. The van der Waals surface area contributed by atoms with E-state index in [1.807, 2.05) is 39.0 Å². The van der Waals surface area contributed by atoms with E-state index in [-0.39, 0.29) is 18.5 Å². The lowest BCUT2D eigenvalue weighted by Crippen LogP contribution is -2.46. The maximum absolute atomic E-state index is 13.0. The Bertz CT molecular complexity index is 1050. The molecule has 2 aromatic rings. The van der Waals surface area contributed by atoms with Gasteiger partial charge in [-0.2, -0.15) is 12.7 Å². The molecule has 0 spiro atoms. The van der Waals surface area contributed by atoms with Gasteiger partial charge in [0.15, 0.2) is 0 Å². The number of rotatable bonds is 7. The maximum Gasteiger partial charge on any atom is 0.304 e. The maximum atomic E-state index is 13.0. The van der Waals surface area contributed by atoms with Crippen LogP contribution in [0, 0.1) is 13.8 Å². The van der Waals surface area contributed by atoms with Crippen LogP contribution >= 0.6 is 0 Å². The highest BCUT2D eigenvalue weighted by Crippen LogP contribution is 2.27. The molecule has 0 radical (unpaired) electrons. The topological polar surface area (TPSA) is 69.7 Å². The molecule has 0 saturated carbocycles. The van der Waals surface area contributed by atoms with Gasteiger partial charge in [-0.15, -0.1) is 0 Å². The monoisotopic (exact) mass is 429 g/mol. The Balaban J connectivity index is 1.82. The van der Waals surface area contributed by atoms with Crippen LogP contribution in [0.25, 0.3) is 0 Å². The number of amides is 1. The van der Waals surface area contributed by atoms with E-state index in [1.165, 1.54) is 35.9 Å². The second-order valence-electron chi connectivity index (χ2n) is 8.26. The first-order chi connectivity index (χ1) is 14.1. The summed E-state index contributed by atoms with van der Waals surface area (Å²) in [7, 11) is -0.887. The molecule has 0 heterocycles. The molecule has 0 bridgehead atoms. The molecule has 162 valence electrons. The highest BCUT2D eigenvalue weighted by molar-refractivity contribution is 7.90. The standard InChI is InChI=1S/C23H31N3O3S/c1-16-9-10-17(2)22(13-16)26(30(28,29)25(4)5)15-23(27)24-18(3)20-12-11-19-7-6-8-21(19)14-20/h9-14,18H,6-8,15H2,1-5H3,(H,24,27). The molecular formula is C23H31N3O3S. The van der Waals surface area contributed by atoms with Crippen molar-refractivity contribution in [3.05, 3.63) is 64.2 Å². The van der Waals surface area contributed by atoms with Crippen molar-refractivity contribution >= 4 is 21.8 Å². The Morgan fingerprint density at radius 2 is 1.77 bits per heavy atom. The first-order valence-corrected chi connectivity index (χ1v) is 11.7. The molecule has 30 heavy (non-hydrogen) atoms. The molecule has 0 aliphatic heterocycles. The summed E-state index contributed by atoms with van der Waals surface area (Å²) >= 11 is 0. The predicted molar refractivity (Wildman–Crippen MR) is 121 cm³/mol. The number of hydrogen-bond donors (Lipinski definition) is 1. The van der Waals surface area contributed by atoms with Gasteiger partial charge in [-0.1, -0.05) is 30.3 Å². The van der Waals surface area contributed by atoms with Gasteiger partial charge in [0.05, 0.1) is 11.7 Å². The molecule has 1 N–H and O–H groups in total. The summed E-state index contributed by atoms with van der Waals surface area (Å²) in [5.74, 6) is -0.339. The van der Waals surface area contributed by atoms with Gasteiger partial charge < -0.3 is 5.32 Å². The molecule has 2 aromatic carbocycles. The molecule has 1 aliphatic carbocycles. The van der Waals surface area contributed by atoms with Crippen molar-refractivity contribution in [2.45, 2.75) is 46.1 Å². The van der Waals surface area contributed by atoms with Crippen molar-refractivity contribution in [2.24, 2.45) is 0 Å². The highest BCUT2D eigenvalue weighted by atomic mass is 32.2. The molecule has 0 saturated heterocycles. The SMILES string of the molecule is Cc1ccc(C)c(N(CC(=O)NC(C)c2ccc3c(c2)CCC3)S(=O)(=O)N(C)C)c1. The molecule has 3 rings (SSSR count). The Morgan fingerprint density at radius 3 is 2.47 bits per heavy atom. The minimum absolute atomic E-state index is 0.203. The van der Waals surface area contributed by atoms with Gasteiger partial charge in [-0.3, -0.25) is 4.79 Å². The van der Waals surface area contributed by atoms with Crippen molar-refractivity contribution in [3.8, 4) is 0 Å². The molecule has 1 aliphatic rings. The largest absolute Gasteiger partial charge is 0.348 e. The fraction of sp³-hybridized carbons (Fsp3) is 0.435. The van der Waals surface area contributed by atoms with Crippen LogP contribution in [-0.4, -0.2) is 39.3 Å². The quantitative estimate of drug-likeness (QED) is 0.734. The van der Waals surface area contributed by atoms with Crippen LogP contribution in [0.15, 0.2) is 36.4 Å². The van der Waals surface area contributed by atoms with Crippen LogP contribution in [0.3, 0.4) is 0 Å². The lowest BCUT2D eigenvalue weighted by molar-refractivity contribution is -0.120. The molecule has 0 aromatic heterocycles. The zero-order chi connectivity index (χ0) is 22.1. The van der Waals surface area contributed by atoms with Crippen LogP contribution < -0.4 is 9.62 Å². The normalized spacial score (nSPS) is 14.5. The fourth-order valence-corrected chi connectivity index (χ4v) is 4.96. The number of anilines is 1. The van der Waals surface area contributed by atoms with Gasteiger partial charge >= 0.3 is 10.2 Å². The summed E-state index contributed by atoms with van der Waals surface area (Å²) in [5.41, 5.74) is 6.02. The fourth-order valence-electron chi connectivity index (χ4n) is 3.84. The molecule has 1 amide bonds. The average molecular weight is 430 g/mol. The second-order valence-corrected chi connectivity index (χ2v) is 10.3. The number of nitrogens with one attached hydrogen (secondary N) is 1. The van der Waals surface area contributed by atoms with Crippen molar-refractivity contribution < 1.29 is 13.2 Å². The minimum Gasteiger partial charge on any atom is -0.348 e. The zero-order valence-electron chi connectivity index (χ0n) is 18.4.